The molecular weight excluding hydrogens is 346 g/mol. The second-order valence-corrected chi connectivity index (χ2v) is 4.94. The van der Waals surface area contributed by atoms with Crippen LogP contribution in [0.5, 0.6) is 11.5 Å². The number of rotatable bonds is 5. The predicted molar refractivity (Wildman–Crippen MR) is 77.2 cm³/mol. The van der Waals surface area contributed by atoms with Gasteiger partial charge in [0.25, 0.3) is 0 Å². The minimum atomic E-state index is -2.93. The third kappa shape index (κ3) is 3.78. The van der Waals surface area contributed by atoms with Gasteiger partial charge in [0.2, 0.25) is 0 Å². The Morgan fingerprint density at radius 3 is 2.48 bits per heavy atom. The number of halogens is 3. The first kappa shape index (κ1) is 15.4. The largest absolute Gasteiger partial charge is 0.496 e. The average Bonchev–Trinajstić information content (AvgIpc) is 2.46. The van der Waals surface area contributed by atoms with E-state index in [1.165, 1.54) is 25.3 Å². The number of carbonyl (C=O) groups is 1. The minimum Gasteiger partial charge on any atom is -0.496 e. The lowest BCUT2D eigenvalue weighted by molar-refractivity contribution is -0.0498. The van der Waals surface area contributed by atoms with E-state index in [-0.39, 0.29) is 17.1 Å². The smallest absolute Gasteiger partial charge is 0.387 e. The summed E-state index contributed by atoms with van der Waals surface area (Å²) in [6.45, 7) is -2.93. The summed E-state index contributed by atoms with van der Waals surface area (Å²) in [7, 11) is 1.52. The van der Waals surface area contributed by atoms with Gasteiger partial charge in [0.15, 0.2) is 5.78 Å². The third-order valence-corrected chi connectivity index (χ3v) is 3.36. The molecule has 2 aromatic rings. The summed E-state index contributed by atoms with van der Waals surface area (Å²) in [6, 6.07) is 10.5. The fourth-order valence-electron chi connectivity index (χ4n) is 1.79. The van der Waals surface area contributed by atoms with E-state index >= 15 is 0 Å². The molecule has 2 aromatic carbocycles. The first-order valence-electron chi connectivity index (χ1n) is 5.94. The number of carbonyl (C=O) groups excluding carboxylic acids is 1. The number of hydrogen-bond donors (Lipinski definition) is 0. The van der Waals surface area contributed by atoms with Crippen molar-refractivity contribution in [2.75, 3.05) is 7.11 Å². The number of hydrogen-bond acceptors (Lipinski definition) is 3. The van der Waals surface area contributed by atoms with Crippen LogP contribution in [-0.4, -0.2) is 19.5 Å². The molecule has 0 spiro atoms. The molecule has 0 aliphatic heterocycles. The van der Waals surface area contributed by atoms with Crippen molar-refractivity contribution in [1.29, 1.82) is 0 Å². The standard InChI is InChI=1S/C15H11BrF2O3/c1-20-13-6-5-10(8-12(13)16)14(19)9-3-2-4-11(7-9)21-15(17)18/h2-8,15H,1H3. The number of ketones is 1. The molecule has 0 saturated carbocycles. The Morgan fingerprint density at radius 2 is 1.86 bits per heavy atom. The molecule has 110 valence electrons. The monoisotopic (exact) mass is 356 g/mol. The molecule has 21 heavy (non-hydrogen) atoms. The maximum Gasteiger partial charge on any atom is 0.387 e. The Morgan fingerprint density at radius 1 is 1.14 bits per heavy atom. The van der Waals surface area contributed by atoms with Crippen LogP contribution >= 0.6 is 15.9 Å². The first-order chi connectivity index (χ1) is 10.0. The van der Waals surface area contributed by atoms with E-state index < -0.39 is 6.61 Å². The van der Waals surface area contributed by atoms with E-state index in [0.717, 1.165) is 0 Å². The van der Waals surface area contributed by atoms with Crippen LogP contribution in [0.2, 0.25) is 0 Å². The fraction of sp³-hybridized carbons (Fsp3) is 0.133. The summed E-state index contributed by atoms with van der Waals surface area (Å²) in [5.41, 5.74) is 0.682. The van der Waals surface area contributed by atoms with Crippen LogP contribution in [0.3, 0.4) is 0 Å². The Labute approximate surface area is 128 Å². The van der Waals surface area contributed by atoms with Crippen molar-refractivity contribution in [1.82, 2.24) is 0 Å². The Kier molecular flexibility index (Phi) is 4.90. The van der Waals surface area contributed by atoms with E-state index in [0.29, 0.717) is 15.8 Å². The Hall–Kier alpha value is -1.95. The van der Waals surface area contributed by atoms with Gasteiger partial charge in [-0.25, -0.2) is 0 Å². The highest BCUT2D eigenvalue weighted by Crippen LogP contribution is 2.27. The highest BCUT2D eigenvalue weighted by atomic mass is 79.9. The summed E-state index contributed by atoms with van der Waals surface area (Å²) < 4.78 is 34.4. The molecule has 0 heterocycles. The number of ether oxygens (including phenoxy) is 2. The second kappa shape index (κ2) is 6.67. The lowest BCUT2D eigenvalue weighted by Gasteiger charge is -2.08. The van der Waals surface area contributed by atoms with Crippen molar-refractivity contribution in [3.05, 3.63) is 58.1 Å². The highest BCUT2D eigenvalue weighted by molar-refractivity contribution is 9.10. The number of alkyl halides is 2. The summed E-state index contributed by atoms with van der Waals surface area (Å²) in [6.07, 6.45) is 0. The van der Waals surface area contributed by atoms with E-state index in [1.54, 1.807) is 24.3 Å². The van der Waals surface area contributed by atoms with Gasteiger partial charge in [-0.3, -0.25) is 4.79 Å². The molecule has 2 rings (SSSR count). The van der Waals surface area contributed by atoms with Gasteiger partial charge in [-0.15, -0.1) is 0 Å². The quantitative estimate of drug-likeness (QED) is 0.749. The van der Waals surface area contributed by atoms with Crippen molar-refractivity contribution in [3.63, 3.8) is 0 Å². The molecule has 0 N–H and O–H groups in total. The van der Waals surface area contributed by atoms with Crippen LogP contribution in [0.15, 0.2) is 46.9 Å². The van der Waals surface area contributed by atoms with Crippen molar-refractivity contribution in [2.24, 2.45) is 0 Å². The molecule has 0 aromatic heterocycles. The molecule has 0 radical (unpaired) electrons. The minimum absolute atomic E-state index is 0.0524. The van der Waals surface area contributed by atoms with Crippen molar-refractivity contribution >= 4 is 21.7 Å². The summed E-state index contributed by atoms with van der Waals surface area (Å²) in [5.74, 6) is 0.253. The van der Waals surface area contributed by atoms with E-state index in [4.69, 9.17) is 4.74 Å². The molecule has 0 bridgehead atoms. The Bertz CT molecular complexity index is 659. The fourth-order valence-corrected chi connectivity index (χ4v) is 2.33. The van der Waals surface area contributed by atoms with Gasteiger partial charge in [-0.2, -0.15) is 8.78 Å². The van der Waals surface area contributed by atoms with Crippen molar-refractivity contribution in [3.8, 4) is 11.5 Å². The third-order valence-electron chi connectivity index (χ3n) is 2.74. The summed E-state index contributed by atoms with van der Waals surface area (Å²) in [4.78, 5) is 12.3. The van der Waals surface area contributed by atoms with E-state index in [2.05, 4.69) is 20.7 Å². The molecule has 0 aliphatic rings. The van der Waals surface area contributed by atoms with Crippen LogP contribution in [0, 0.1) is 0 Å². The predicted octanol–water partition coefficient (Wildman–Crippen LogP) is 4.29. The molecule has 6 heteroatoms. The highest BCUT2D eigenvalue weighted by Gasteiger charge is 2.13. The van der Waals surface area contributed by atoms with Gasteiger partial charge in [-0.05, 0) is 46.3 Å². The molecule has 3 nitrogen and oxygen atoms in total. The van der Waals surface area contributed by atoms with Gasteiger partial charge in [-0.1, -0.05) is 12.1 Å². The first-order valence-corrected chi connectivity index (χ1v) is 6.73. The second-order valence-electron chi connectivity index (χ2n) is 4.08. The molecule has 0 saturated heterocycles. The van der Waals surface area contributed by atoms with Crippen LogP contribution in [-0.2, 0) is 0 Å². The van der Waals surface area contributed by atoms with Crippen LogP contribution in [0.25, 0.3) is 0 Å². The number of methoxy groups -OCH3 is 1. The summed E-state index contributed by atoms with van der Waals surface area (Å²) in [5, 5.41) is 0. The Balaban J connectivity index is 2.29. The normalized spacial score (nSPS) is 10.5. The zero-order chi connectivity index (χ0) is 15.4. The van der Waals surface area contributed by atoms with Gasteiger partial charge >= 0.3 is 6.61 Å². The zero-order valence-electron chi connectivity index (χ0n) is 11.0. The van der Waals surface area contributed by atoms with E-state index in [9.17, 15) is 13.6 Å². The maximum atomic E-state index is 12.3. The summed E-state index contributed by atoms with van der Waals surface area (Å²) >= 11 is 3.29. The number of benzene rings is 2. The molecule has 0 unspecified atom stereocenters. The van der Waals surface area contributed by atoms with Gasteiger partial charge in [0, 0.05) is 11.1 Å². The van der Waals surface area contributed by atoms with Gasteiger partial charge in [0.05, 0.1) is 11.6 Å². The zero-order valence-corrected chi connectivity index (χ0v) is 12.6. The van der Waals surface area contributed by atoms with Gasteiger partial charge in [0.1, 0.15) is 11.5 Å². The lowest BCUT2D eigenvalue weighted by atomic mass is 10.0. The average molecular weight is 357 g/mol. The SMILES string of the molecule is COc1ccc(C(=O)c2cccc(OC(F)F)c2)cc1Br. The molecular formula is C15H11BrF2O3. The van der Waals surface area contributed by atoms with Crippen LogP contribution in [0.1, 0.15) is 15.9 Å². The molecule has 0 atom stereocenters. The van der Waals surface area contributed by atoms with Crippen molar-refractivity contribution in [2.45, 2.75) is 6.61 Å². The van der Waals surface area contributed by atoms with Crippen molar-refractivity contribution < 1.29 is 23.0 Å². The lowest BCUT2D eigenvalue weighted by Crippen LogP contribution is -2.05. The molecule has 0 fully saturated rings. The topological polar surface area (TPSA) is 35.5 Å². The van der Waals surface area contributed by atoms with E-state index in [1.807, 2.05) is 0 Å². The van der Waals surface area contributed by atoms with Crippen LogP contribution < -0.4 is 9.47 Å². The van der Waals surface area contributed by atoms with Gasteiger partial charge < -0.3 is 9.47 Å². The molecule has 0 amide bonds. The maximum absolute atomic E-state index is 12.3. The van der Waals surface area contributed by atoms with Crippen LogP contribution in [0.4, 0.5) is 8.78 Å². The molecule has 0 aliphatic carbocycles.